The minimum Gasteiger partial charge on any atom is -0.493 e. The van der Waals surface area contributed by atoms with Crippen LogP contribution in [0.15, 0.2) is 60.4 Å². The highest BCUT2D eigenvalue weighted by atomic mass is 35.5. The van der Waals surface area contributed by atoms with Crippen LogP contribution >= 0.6 is 11.6 Å². The minimum atomic E-state index is -0.635. The molecule has 0 N–H and O–H groups in total. The molecule has 3 aromatic rings. The van der Waals surface area contributed by atoms with Gasteiger partial charge in [0.15, 0.2) is 17.3 Å². The van der Waals surface area contributed by atoms with Gasteiger partial charge in [0.1, 0.15) is 17.3 Å². The van der Waals surface area contributed by atoms with Crippen molar-refractivity contribution in [2.24, 2.45) is 0 Å². The molecule has 0 unspecified atom stereocenters. The SMILES string of the molecule is COc1ccc(C(=O)Oc2ccc3c(c2)O/C(=C\c2c(F)cccc2Cl)C3=O)cc1OC. The highest BCUT2D eigenvalue weighted by molar-refractivity contribution is 6.32. The Morgan fingerprint density at radius 3 is 2.53 bits per heavy atom. The zero-order valence-corrected chi connectivity index (χ0v) is 17.7. The molecule has 3 aromatic carbocycles. The molecule has 0 saturated heterocycles. The molecule has 0 aromatic heterocycles. The van der Waals surface area contributed by atoms with Gasteiger partial charge in [-0.25, -0.2) is 9.18 Å². The molecule has 0 amide bonds. The van der Waals surface area contributed by atoms with Crippen molar-refractivity contribution in [2.45, 2.75) is 0 Å². The predicted molar refractivity (Wildman–Crippen MR) is 115 cm³/mol. The number of esters is 1. The molecule has 0 spiro atoms. The van der Waals surface area contributed by atoms with Crippen LogP contribution < -0.4 is 18.9 Å². The standard InChI is InChI=1S/C24H16ClFO6/c1-29-19-9-6-13(10-21(19)30-2)24(28)31-14-7-8-15-20(11-14)32-22(23(15)27)12-16-17(25)4-3-5-18(16)26/h3-12H,1-2H3/b22-12-. The largest absolute Gasteiger partial charge is 0.493 e. The Morgan fingerprint density at radius 1 is 1.03 bits per heavy atom. The summed E-state index contributed by atoms with van der Waals surface area (Å²) in [5, 5.41) is 0.148. The molecule has 0 radical (unpaired) electrons. The van der Waals surface area contributed by atoms with Crippen molar-refractivity contribution in [3.63, 3.8) is 0 Å². The van der Waals surface area contributed by atoms with Crippen LogP contribution in [0.2, 0.25) is 5.02 Å². The van der Waals surface area contributed by atoms with E-state index in [1.54, 1.807) is 6.07 Å². The van der Waals surface area contributed by atoms with Gasteiger partial charge in [-0.3, -0.25) is 4.79 Å². The third kappa shape index (κ3) is 4.02. The van der Waals surface area contributed by atoms with Crippen LogP contribution in [0.1, 0.15) is 26.3 Å². The fourth-order valence-corrected chi connectivity index (χ4v) is 3.36. The maximum absolute atomic E-state index is 14.1. The number of fused-ring (bicyclic) bond motifs is 1. The molecule has 0 fully saturated rings. The summed E-state index contributed by atoms with van der Waals surface area (Å²) in [5.74, 6) is -0.527. The van der Waals surface area contributed by atoms with Gasteiger partial charge >= 0.3 is 5.97 Å². The third-order valence-corrected chi connectivity index (χ3v) is 5.08. The molecule has 162 valence electrons. The molecule has 6 nitrogen and oxygen atoms in total. The molecule has 0 aliphatic carbocycles. The molecule has 4 rings (SSSR count). The lowest BCUT2D eigenvalue weighted by atomic mass is 10.1. The number of Topliss-reactive ketones (excluding diaryl/α,β-unsaturated/α-hetero) is 1. The number of hydrogen-bond donors (Lipinski definition) is 0. The first-order chi connectivity index (χ1) is 15.4. The summed E-state index contributed by atoms with van der Waals surface area (Å²) in [4.78, 5) is 25.2. The number of hydrogen-bond acceptors (Lipinski definition) is 6. The molecule has 1 aliphatic rings. The average Bonchev–Trinajstić information content (AvgIpc) is 3.10. The zero-order chi connectivity index (χ0) is 22.8. The van der Waals surface area contributed by atoms with E-state index in [-0.39, 0.29) is 39.0 Å². The Bertz CT molecular complexity index is 1250. The second-order valence-corrected chi connectivity index (χ2v) is 7.10. The van der Waals surface area contributed by atoms with Crippen molar-refractivity contribution >= 4 is 29.4 Å². The number of halogens is 2. The van der Waals surface area contributed by atoms with Crippen molar-refractivity contribution in [1.82, 2.24) is 0 Å². The Kier molecular flexibility index (Phi) is 5.83. The number of carbonyl (C=O) groups excluding carboxylic acids is 2. The van der Waals surface area contributed by atoms with Gasteiger partial charge in [-0.15, -0.1) is 0 Å². The van der Waals surface area contributed by atoms with Crippen molar-refractivity contribution < 1.29 is 32.9 Å². The molecule has 1 heterocycles. The van der Waals surface area contributed by atoms with Crippen LogP contribution in [0.4, 0.5) is 4.39 Å². The van der Waals surface area contributed by atoms with E-state index in [4.69, 9.17) is 30.5 Å². The Hall–Kier alpha value is -3.84. The monoisotopic (exact) mass is 454 g/mol. The summed E-state index contributed by atoms with van der Waals surface area (Å²) in [5.41, 5.74) is 0.551. The van der Waals surface area contributed by atoms with Gasteiger partial charge in [-0.2, -0.15) is 0 Å². The number of methoxy groups -OCH3 is 2. The number of carbonyl (C=O) groups is 2. The van der Waals surface area contributed by atoms with Gasteiger partial charge in [0.2, 0.25) is 5.78 Å². The highest BCUT2D eigenvalue weighted by Gasteiger charge is 2.29. The van der Waals surface area contributed by atoms with Gasteiger partial charge in [0, 0.05) is 11.6 Å². The van der Waals surface area contributed by atoms with E-state index in [0.29, 0.717) is 11.5 Å². The first-order valence-corrected chi connectivity index (χ1v) is 9.75. The van der Waals surface area contributed by atoms with Crippen LogP contribution in [-0.2, 0) is 0 Å². The van der Waals surface area contributed by atoms with Crippen LogP contribution in [-0.4, -0.2) is 26.0 Å². The number of benzene rings is 3. The minimum absolute atomic E-state index is 0.0467. The molecule has 8 heteroatoms. The van der Waals surface area contributed by atoms with Crippen LogP contribution in [0.5, 0.6) is 23.0 Å². The van der Waals surface area contributed by atoms with Gasteiger partial charge < -0.3 is 18.9 Å². The first-order valence-electron chi connectivity index (χ1n) is 9.37. The Labute approximate surface area is 187 Å². The second-order valence-electron chi connectivity index (χ2n) is 6.69. The summed E-state index contributed by atoms with van der Waals surface area (Å²) in [6, 6.07) is 13.2. The average molecular weight is 455 g/mol. The van der Waals surface area contributed by atoms with Crippen LogP contribution in [0, 0.1) is 5.82 Å². The van der Waals surface area contributed by atoms with Crippen LogP contribution in [0.3, 0.4) is 0 Å². The fraction of sp³-hybridized carbons (Fsp3) is 0.0833. The van der Waals surface area contributed by atoms with Crippen molar-refractivity contribution in [2.75, 3.05) is 14.2 Å². The summed E-state index contributed by atoms with van der Waals surface area (Å²) < 4.78 is 35.4. The van der Waals surface area contributed by atoms with E-state index in [1.807, 2.05) is 0 Å². The topological polar surface area (TPSA) is 71.1 Å². The number of allylic oxidation sites excluding steroid dienone is 1. The van der Waals surface area contributed by atoms with E-state index in [0.717, 1.165) is 0 Å². The molecular weight excluding hydrogens is 439 g/mol. The van der Waals surface area contributed by atoms with Gasteiger partial charge in [-0.1, -0.05) is 17.7 Å². The predicted octanol–water partition coefficient (Wildman–Crippen LogP) is 5.33. The Morgan fingerprint density at radius 2 is 1.81 bits per heavy atom. The summed E-state index contributed by atoms with van der Waals surface area (Å²) in [6.07, 6.45) is 1.25. The van der Waals surface area contributed by atoms with Gasteiger partial charge in [0.25, 0.3) is 0 Å². The van der Waals surface area contributed by atoms with E-state index >= 15 is 0 Å². The third-order valence-electron chi connectivity index (χ3n) is 4.75. The van der Waals surface area contributed by atoms with Crippen molar-refractivity contribution in [3.05, 3.63) is 87.9 Å². The van der Waals surface area contributed by atoms with E-state index in [2.05, 4.69) is 0 Å². The maximum atomic E-state index is 14.1. The maximum Gasteiger partial charge on any atom is 0.343 e. The molecule has 0 atom stereocenters. The number of rotatable bonds is 5. The summed E-state index contributed by atoms with van der Waals surface area (Å²) in [7, 11) is 2.95. The number of ketones is 1. The van der Waals surface area contributed by atoms with Gasteiger partial charge in [-0.05, 0) is 48.5 Å². The first kappa shape index (κ1) is 21.4. The molecule has 32 heavy (non-hydrogen) atoms. The quantitative estimate of drug-likeness (QED) is 0.295. The molecule has 1 aliphatic heterocycles. The van der Waals surface area contributed by atoms with E-state index < -0.39 is 17.6 Å². The van der Waals surface area contributed by atoms with Crippen molar-refractivity contribution in [3.8, 4) is 23.0 Å². The van der Waals surface area contributed by atoms with E-state index in [1.165, 1.54) is 68.8 Å². The lowest BCUT2D eigenvalue weighted by Crippen LogP contribution is -2.09. The van der Waals surface area contributed by atoms with Crippen LogP contribution in [0.25, 0.3) is 6.08 Å². The van der Waals surface area contributed by atoms with E-state index in [9.17, 15) is 14.0 Å². The smallest absolute Gasteiger partial charge is 0.343 e. The zero-order valence-electron chi connectivity index (χ0n) is 17.0. The Balaban J connectivity index is 1.57. The fourth-order valence-electron chi connectivity index (χ4n) is 3.14. The summed E-state index contributed by atoms with van der Waals surface area (Å²) >= 11 is 6.02. The molecule has 0 bridgehead atoms. The number of ether oxygens (including phenoxy) is 4. The van der Waals surface area contributed by atoms with Crippen molar-refractivity contribution in [1.29, 1.82) is 0 Å². The molecular formula is C24H16ClFO6. The lowest BCUT2D eigenvalue weighted by Gasteiger charge is -2.10. The second kappa shape index (κ2) is 8.72. The lowest BCUT2D eigenvalue weighted by molar-refractivity contribution is 0.0734. The van der Waals surface area contributed by atoms with Gasteiger partial charge in [0.05, 0.1) is 30.4 Å². The molecule has 0 saturated carbocycles. The summed E-state index contributed by atoms with van der Waals surface area (Å²) in [6.45, 7) is 0. The normalized spacial score (nSPS) is 13.5. The highest BCUT2D eigenvalue weighted by Crippen LogP contribution is 2.36.